The highest BCUT2D eigenvalue weighted by Gasteiger charge is 2.09. The molecule has 0 aliphatic heterocycles. The molecule has 4 heteroatoms. The molecule has 1 atom stereocenters. The molecule has 0 saturated heterocycles. The fourth-order valence-electron chi connectivity index (χ4n) is 1.49. The number of likely N-dealkylation sites (N-methyl/N-ethyl adjacent to an activating group) is 1. The van der Waals surface area contributed by atoms with Crippen molar-refractivity contribution >= 4 is 0 Å². The van der Waals surface area contributed by atoms with E-state index in [1.807, 2.05) is 0 Å². The van der Waals surface area contributed by atoms with E-state index in [0.717, 1.165) is 26.2 Å². The molecule has 0 fully saturated rings. The molecule has 92 valence electrons. The van der Waals surface area contributed by atoms with Crippen LogP contribution in [-0.2, 0) is 9.47 Å². The number of rotatable bonds is 9. The van der Waals surface area contributed by atoms with Crippen molar-refractivity contribution in [1.29, 1.82) is 0 Å². The standard InChI is InChI=1S/C11H26N2O2/c1-6-13(7-2)9-10(3)12-8-11(14-4)15-5/h10-12H,6-9H2,1-5H3. The maximum absolute atomic E-state index is 5.11. The van der Waals surface area contributed by atoms with Crippen LogP contribution in [0, 0.1) is 0 Å². The Morgan fingerprint density at radius 2 is 1.67 bits per heavy atom. The Labute approximate surface area is 93.9 Å². The first kappa shape index (κ1) is 14.8. The van der Waals surface area contributed by atoms with E-state index in [9.17, 15) is 0 Å². The van der Waals surface area contributed by atoms with Crippen LogP contribution in [0.2, 0.25) is 0 Å². The Balaban J connectivity index is 3.67. The SMILES string of the molecule is CCN(CC)CC(C)NCC(OC)OC. The maximum Gasteiger partial charge on any atom is 0.169 e. The number of hydrogen-bond acceptors (Lipinski definition) is 4. The van der Waals surface area contributed by atoms with Crippen LogP contribution in [-0.4, -0.2) is 57.6 Å². The molecule has 0 aliphatic rings. The zero-order chi connectivity index (χ0) is 11.7. The van der Waals surface area contributed by atoms with Crippen LogP contribution in [0.5, 0.6) is 0 Å². The van der Waals surface area contributed by atoms with Gasteiger partial charge in [0.25, 0.3) is 0 Å². The van der Waals surface area contributed by atoms with Crippen molar-refractivity contribution in [3.63, 3.8) is 0 Å². The highest BCUT2D eigenvalue weighted by molar-refractivity contribution is 4.66. The number of ether oxygens (including phenoxy) is 2. The Hall–Kier alpha value is -0.160. The van der Waals surface area contributed by atoms with Gasteiger partial charge in [0.05, 0.1) is 0 Å². The Bertz CT molecular complexity index is 137. The molecule has 0 bridgehead atoms. The molecular formula is C11H26N2O2. The fourth-order valence-corrected chi connectivity index (χ4v) is 1.49. The topological polar surface area (TPSA) is 33.7 Å². The summed E-state index contributed by atoms with van der Waals surface area (Å²) in [6, 6.07) is 0.456. The summed E-state index contributed by atoms with van der Waals surface area (Å²) in [5.74, 6) is 0. The minimum Gasteiger partial charge on any atom is -0.355 e. The molecular weight excluding hydrogens is 192 g/mol. The Morgan fingerprint density at radius 3 is 2.07 bits per heavy atom. The van der Waals surface area contributed by atoms with Crippen molar-refractivity contribution in [1.82, 2.24) is 10.2 Å². The normalized spacial score (nSPS) is 13.8. The van der Waals surface area contributed by atoms with Gasteiger partial charge in [-0.2, -0.15) is 0 Å². The maximum atomic E-state index is 5.11. The second-order valence-corrected chi connectivity index (χ2v) is 3.70. The van der Waals surface area contributed by atoms with E-state index in [4.69, 9.17) is 9.47 Å². The number of methoxy groups -OCH3 is 2. The predicted octanol–water partition coefficient (Wildman–Crippen LogP) is 0.925. The molecule has 0 amide bonds. The molecule has 0 saturated carbocycles. The monoisotopic (exact) mass is 218 g/mol. The molecule has 0 aromatic rings. The molecule has 0 radical (unpaired) electrons. The number of nitrogens with one attached hydrogen (secondary N) is 1. The van der Waals surface area contributed by atoms with Gasteiger partial charge in [0.2, 0.25) is 0 Å². The Morgan fingerprint density at radius 1 is 1.13 bits per heavy atom. The van der Waals surface area contributed by atoms with E-state index in [1.165, 1.54) is 0 Å². The summed E-state index contributed by atoms with van der Waals surface area (Å²) in [5, 5.41) is 3.39. The second-order valence-electron chi connectivity index (χ2n) is 3.70. The molecule has 0 rings (SSSR count). The van der Waals surface area contributed by atoms with Crippen molar-refractivity contribution < 1.29 is 9.47 Å². The first-order valence-corrected chi connectivity index (χ1v) is 5.69. The van der Waals surface area contributed by atoms with E-state index in [0.29, 0.717) is 6.04 Å². The molecule has 0 aromatic heterocycles. The summed E-state index contributed by atoms with van der Waals surface area (Å²) < 4.78 is 10.2. The van der Waals surface area contributed by atoms with Crippen LogP contribution in [0.4, 0.5) is 0 Å². The third-order valence-corrected chi connectivity index (χ3v) is 2.59. The largest absolute Gasteiger partial charge is 0.355 e. The molecule has 15 heavy (non-hydrogen) atoms. The minimum absolute atomic E-state index is 0.149. The molecule has 4 nitrogen and oxygen atoms in total. The number of hydrogen-bond donors (Lipinski definition) is 1. The zero-order valence-electron chi connectivity index (χ0n) is 10.7. The summed E-state index contributed by atoms with van der Waals surface area (Å²) in [6.45, 7) is 10.5. The lowest BCUT2D eigenvalue weighted by molar-refractivity contribution is -0.0999. The molecule has 0 spiro atoms. The van der Waals surface area contributed by atoms with Crippen molar-refractivity contribution in [2.75, 3.05) is 40.4 Å². The van der Waals surface area contributed by atoms with Gasteiger partial charge in [0.15, 0.2) is 6.29 Å². The van der Waals surface area contributed by atoms with Crippen LogP contribution in [0.15, 0.2) is 0 Å². The van der Waals surface area contributed by atoms with E-state index in [1.54, 1.807) is 14.2 Å². The summed E-state index contributed by atoms with van der Waals surface area (Å²) in [7, 11) is 3.32. The summed E-state index contributed by atoms with van der Waals surface area (Å²) in [6.07, 6.45) is -0.149. The lowest BCUT2D eigenvalue weighted by atomic mass is 10.3. The minimum atomic E-state index is -0.149. The lowest BCUT2D eigenvalue weighted by Crippen LogP contribution is -2.42. The molecule has 1 unspecified atom stereocenters. The van der Waals surface area contributed by atoms with Gasteiger partial charge in [-0.25, -0.2) is 0 Å². The third-order valence-electron chi connectivity index (χ3n) is 2.59. The van der Waals surface area contributed by atoms with Crippen molar-refractivity contribution in [2.24, 2.45) is 0 Å². The van der Waals surface area contributed by atoms with Gasteiger partial charge in [0.1, 0.15) is 0 Å². The van der Waals surface area contributed by atoms with Gasteiger partial charge in [-0.1, -0.05) is 13.8 Å². The van der Waals surface area contributed by atoms with Crippen LogP contribution in [0.25, 0.3) is 0 Å². The summed E-state index contributed by atoms with van der Waals surface area (Å²) in [5.41, 5.74) is 0. The molecule has 0 aliphatic carbocycles. The summed E-state index contributed by atoms with van der Waals surface area (Å²) in [4.78, 5) is 2.40. The predicted molar refractivity (Wildman–Crippen MR) is 63.1 cm³/mol. The van der Waals surface area contributed by atoms with Gasteiger partial charge < -0.3 is 19.7 Å². The van der Waals surface area contributed by atoms with Crippen LogP contribution >= 0.6 is 0 Å². The highest BCUT2D eigenvalue weighted by atomic mass is 16.7. The van der Waals surface area contributed by atoms with Crippen molar-refractivity contribution in [3.8, 4) is 0 Å². The van der Waals surface area contributed by atoms with Gasteiger partial charge in [-0.15, -0.1) is 0 Å². The van der Waals surface area contributed by atoms with E-state index < -0.39 is 0 Å². The van der Waals surface area contributed by atoms with Crippen LogP contribution < -0.4 is 5.32 Å². The van der Waals surface area contributed by atoms with Gasteiger partial charge >= 0.3 is 0 Å². The highest BCUT2D eigenvalue weighted by Crippen LogP contribution is 1.93. The van der Waals surface area contributed by atoms with Gasteiger partial charge in [-0.05, 0) is 20.0 Å². The molecule has 1 N–H and O–H groups in total. The van der Waals surface area contributed by atoms with E-state index in [2.05, 4.69) is 31.0 Å². The van der Waals surface area contributed by atoms with E-state index >= 15 is 0 Å². The summed E-state index contributed by atoms with van der Waals surface area (Å²) >= 11 is 0. The fraction of sp³-hybridized carbons (Fsp3) is 1.00. The zero-order valence-corrected chi connectivity index (χ0v) is 10.7. The van der Waals surface area contributed by atoms with Crippen LogP contribution in [0.1, 0.15) is 20.8 Å². The smallest absolute Gasteiger partial charge is 0.169 e. The van der Waals surface area contributed by atoms with Gasteiger partial charge in [-0.3, -0.25) is 0 Å². The van der Waals surface area contributed by atoms with E-state index in [-0.39, 0.29) is 6.29 Å². The quantitative estimate of drug-likeness (QED) is 0.584. The molecule has 0 aromatic carbocycles. The average Bonchev–Trinajstić information content (AvgIpc) is 2.27. The van der Waals surface area contributed by atoms with Crippen molar-refractivity contribution in [2.45, 2.75) is 33.1 Å². The first-order chi connectivity index (χ1) is 7.17. The first-order valence-electron chi connectivity index (χ1n) is 5.69. The van der Waals surface area contributed by atoms with Gasteiger partial charge in [0, 0.05) is 33.4 Å². The van der Waals surface area contributed by atoms with Crippen molar-refractivity contribution in [3.05, 3.63) is 0 Å². The van der Waals surface area contributed by atoms with Crippen LogP contribution in [0.3, 0.4) is 0 Å². The Kier molecular flexibility index (Phi) is 9.00. The molecule has 0 heterocycles. The third kappa shape index (κ3) is 6.84. The lowest BCUT2D eigenvalue weighted by Gasteiger charge is -2.24. The second kappa shape index (κ2) is 9.09. The number of nitrogens with zero attached hydrogens (tertiary/aromatic N) is 1. The average molecular weight is 218 g/mol.